The summed E-state index contributed by atoms with van der Waals surface area (Å²) in [4.78, 5) is 29.6. The lowest BCUT2D eigenvalue weighted by molar-refractivity contribution is -0.111. The van der Waals surface area contributed by atoms with Gasteiger partial charge in [0.25, 0.3) is 0 Å². The Balaban J connectivity index is 1.54. The topological polar surface area (TPSA) is 78.2 Å². The van der Waals surface area contributed by atoms with Crippen LogP contribution in [0.1, 0.15) is 5.56 Å². The van der Waals surface area contributed by atoms with Gasteiger partial charge in [0.2, 0.25) is 5.91 Å². The monoisotopic (exact) mass is 514 g/mol. The Bertz CT molecular complexity index is 1710. The van der Waals surface area contributed by atoms with Crippen LogP contribution in [0.25, 0.3) is 22.4 Å². The highest BCUT2D eigenvalue weighted by Crippen LogP contribution is 2.29. The number of hydrogen-bond donors (Lipinski definition) is 1. The Morgan fingerprint density at radius 2 is 1.81 bits per heavy atom. The van der Waals surface area contributed by atoms with Crippen molar-refractivity contribution in [1.82, 2.24) is 14.1 Å². The predicted octanol–water partition coefficient (Wildman–Crippen LogP) is 5.67. The number of hydrogen-bond acceptors (Lipinski definition) is 4. The van der Waals surface area contributed by atoms with E-state index < -0.39 is 0 Å². The van der Waals surface area contributed by atoms with Crippen LogP contribution in [0.2, 0.25) is 5.02 Å². The van der Waals surface area contributed by atoms with Gasteiger partial charge in [-0.25, -0.2) is 9.18 Å². The number of amides is 1. The standard InChI is InChI=1S/C28H20ClFN4O3/c1-2-27(35)32-19-7-5-8-20(14-19)33-24-12-13-31-16-25(24)34(28(33)36)21-10-11-26(22(29)15-21)37-17-18-6-3-4-9-23(18)30/h2-16H,1,17H2,(H,32,35). The van der Waals surface area contributed by atoms with Crippen molar-refractivity contribution < 1.29 is 13.9 Å². The number of imidazole rings is 1. The molecule has 184 valence electrons. The van der Waals surface area contributed by atoms with Crippen LogP contribution in [0, 0.1) is 5.82 Å². The van der Waals surface area contributed by atoms with E-state index in [1.807, 2.05) is 0 Å². The van der Waals surface area contributed by atoms with Crippen molar-refractivity contribution in [3.05, 3.63) is 125 Å². The molecular formula is C28H20ClFN4O3. The van der Waals surface area contributed by atoms with Crippen LogP contribution in [0.5, 0.6) is 5.75 Å². The Hall–Kier alpha value is -4.69. The molecule has 9 heteroatoms. The molecule has 0 unspecified atom stereocenters. The highest BCUT2D eigenvalue weighted by atomic mass is 35.5. The van der Waals surface area contributed by atoms with Gasteiger partial charge in [0.05, 0.1) is 33.6 Å². The molecule has 7 nitrogen and oxygen atoms in total. The maximum absolute atomic E-state index is 13.9. The molecule has 0 radical (unpaired) electrons. The number of carbonyl (C=O) groups is 1. The molecule has 0 fully saturated rings. The van der Waals surface area contributed by atoms with Gasteiger partial charge in [-0.1, -0.05) is 42.4 Å². The number of fused-ring (bicyclic) bond motifs is 1. The number of halogens is 2. The largest absolute Gasteiger partial charge is 0.487 e. The van der Waals surface area contributed by atoms with Crippen molar-refractivity contribution in [3.63, 3.8) is 0 Å². The molecule has 5 aromatic rings. The molecule has 0 aliphatic heterocycles. The zero-order valence-electron chi connectivity index (χ0n) is 19.4. The second-order valence-electron chi connectivity index (χ2n) is 8.06. The fraction of sp³-hybridized carbons (Fsp3) is 0.0357. The summed E-state index contributed by atoms with van der Waals surface area (Å²) in [5.74, 6) is -0.368. The number of pyridine rings is 1. The predicted molar refractivity (Wildman–Crippen MR) is 141 cm³/mol. The third-order valence-electron chi connectivity index (χ3n) is 5.71. The molecule has 0 bridgehead atoms. The quantitative estimate of drug-likeness (QED) is 0.284. The van der Waals surface area contributed by atoms with Crippen LogP contribution in [-0.2, 0) is 11.4 Å². The van der Waals surface area contributed by atoms with Gasteiger partial charge in [-0.3, -0.25) is 18.9 Å². The van der Waals surface area contributed by atoms with E-state index in [-0.39, 0.29) is 29.0 Å². The molecule has 0 aliphatic rings. The Kier molecular flexibility index (Phi) is 6.57. The first-order chi connectivity index (χ1) is 18.0. The number of rotatable bonds is 7. The van der Waals surface area contributed by atoms with Gasteiger partial charge >= 0.3 is 5.69 Å². The summed E-state index contributed by atoms with van der Waals surface area (Å²) < 4.78 is 22.7. The molecule has 1 N–H and O–H groups in total. The fourth-order valence-electron chi connectivity index (χ4n) is 3.98. The highest BCUT2D eigenvalue weighted by molar-refractivity contribution is 6.32. The van der Waals surface area contributed by atoms with Crippen molar-refractivity contribution in [2.75, 3.05) is 5.32 Å². The lowest BCUT2D eigenvalue weighted by Gasteiger charge is -2.11. The number of aromatic nitrogens is 3. The number of carbonyl (C=O) groups excluding carboxylic acids is 1. The van der Waals surface area contributed by atoms with Gasteiger partial charge in [0, 0.05) is 17.4 Å². The summed E-state index contributed by atoms with van der Waals surface area (Å²) in [5, 5.41) is 2.97. The van der Waals surface area contributed by atoms with Gasteiger partial charge in [-0.05, 0) is 54.6 Å². The van der Waals surface area contributed by atoms with E-state index in [2.05, 4.69) is 16.9 Å². The van der Waals surface area contributed by atoms with E-state index in [0.29, 0.717) is 39.4 Å². The average molecular weight is 515 g/mol. The van der Waals surface area contributed by atoms with Crippen LogP contribution in [-0.4, -0.2) is 20.0 Å². The van der Waals surface area contributed by atoms with E-state index in [0.717, 1.165) is 0 Å². The Morgan fingerprint density at radius 3 is 2.59 bits per heavy atom. The smallest absolute Gasteiger partial charge is 0.338 e. The van der Waals surface area contributed by atoms with E-state index >= 15 is 0 Å². The summed E-state index contributed by atoms with van der Waals surface area (Å²) in [6.45, 7) is 3.47. The summed E-state index contributed by atoms with van der Waals surface area (Å²) >= 11 is 6.49. The molecule has 5 rings (SSSR count). The molecule has 0 saturated carbocycles. The fourth-order valence-corrected chi connectivity index (χ4v) is 4.21. The number of nitrogens with zero attached hydrogens (tertiary/aromatic N) is 3. The molecular weight excluding hydrogens is 495 g/mol. The first-order valence-corrected chi connectivity index (χ1v) is 11.6. The lowest BCUT2D eigenvalue weighted by Crippen LogP contribution is -2.22. The zero-order chi connectivity index (χ0) is 25.9. The summed E-state index contributed by atoms with van der Waals surface area (Å²) in [6.07, 6.45) is 4.36. The van der Waals surface area contributed by atoms with Crippen LogP contribution >= 0.6 is 11.6 Å². The van der Waals surface area contributed by atoms with Gasteiger partial charge in [-0.2, -0.15) is 0 Å². The average Bonchev–Trinajstić information content (AvgIpc) is 3.20. The SMILES string of the molecule is C=CC(=O)Nc1cccc(-n2c(=O)n(-c3ccc(OCc4ccccc4F)c(Cl)c3)c3cnccc32)c1. The molecule has 3 aromatic carbocycles. The van der Waals surface area contributed by atoms with Crippen molar-refractivity contribution >= 4 is 34.2 Å². The van der Waals surface area contributed by atoms with Crippen molar-refractivity contribution in [2.45, 2.75) is 6.61 Å². The highest BCUT2D eigenvalue weighted by Gasteiger charge is 2.18. The minimum Gasteiger partial charge on any atom is -0.487 e. The molecule has 0 atom stereocenters. The second kappa shape index (κ2) is 10.1. The molecule has 2 heterocycles. The van der Waals surface area contributed by atoms with Crippen LogP contribution < -0.4 is 15.7 Å². The van der Waals surface area contributed by atoms with Crippen LogP contribution in [0.4, 0.5) is 10.1 Å². The molecule has 37 heavy (non-hydrogen) atoms. The molecule has 2 aromatic heterocycles. The minimum absolute atomic E-state index is 0.00759. The normalized spacial score (nSPS) is 10.9. The van der Waals surface area contributed by atoms with Gasteiger partial charge in [0.1, 0.15) is 18.2 Å². The maximum Gasteiger partial charge on any atom is 0.338 e. The summed E-state index contributed by atoms with van der Waals surface area (Å²) in [6, 6.07) is 19.9. The summed E-state index contributed by atoms with van der Waals surface area (Å²) in [5.41, 5.74) is 2.79. The lowest BCUT2D eigenvalue weighted by atomic mass is 10.2. The van der Waals surface area contributed by atoms with Gasteiger partial charge in [-0.15, -0.1) is 0 Å². The van der Waals surface area contributed by atoms with Crippen molar-refractivity contribution in [3.8, 4) is 17.1 Å². The molecule has 0 saturated heterocycles. The minimum atomic E-state index is -0.366. The number of benzene rings is 3. The third-order valence-corrected chi connectivity index (χ3v) is 6.01. The zero-order valence-corrected chi connectivity index (χ0v) is 20.2. The summed E-state index contributed by atoms with van der Waals surface area (Å²) in [7, 11) is 0. The third kappa shape index (κ3) is 4.74. The van der Waals surface area contributed by atoms with E-state index in [1.54, 1.807) is 79.1 Å². The first kappa shape index (κ1) is 24.0. The molecule has 0 spiro atoms. The molecule has 1 amide bonds. The maximum atomic E-state index is 13.9. The van der Waals surface area contributed by atoms with E-state index in [1.165, 1.54) is 21.3 Å². The van der Waals surface area contributed by atoms with E-state index in [9.17, 15) is 14.0 Å². The molecule has 0 aliphatic carbocycles. The number of anilines is 1. The first-order valence-electron chi connectivity index (χ1n) is 11.2. The van der Waals surface area contributed by atoms with Gasteiger partial charge in [0.15, 0.2) is 0 Å². The Morgan fingerprint density at radius 1 is 1.03 bits per heavy atom. The number of ether oxygens (including phenoxy) is 1. The van der Waals surface area contributed by atoms with Gasteiger partial charge < -0.3 is 10.1 Å². The van der Waals surface area contributed by atoms with Crippen molar-refractivity contribution in [2.24, 2.45) is 0 Å². The van der Waals surface area contributed by atoms with Crippen LogP contribution in [0.15, 0.2) is 103 Å². The van der Waals surface area contributed by atoms with Crippen LogP contribution in [0.3, 0.4) is 0 Å². The number of nitrogens with one attached hydrogen (secondary N) is 1. The van der Waals surface area contributed by atoms with E-state index in [4.69, 9.17) is 16.3 Å². The van der Waals surface area contributed by atoms with Crippen molar-refractivity contribution in [1.29, 1.82) is 0 Å². The second-order valence-corrected chi connectivity index (χ2v) is 8.46. The Labute approximate surface area is 216 Å².